The molecule has 0 amide bonds. The van der Waals surface area contributed by atoms with Crippen molar-refractivity contribution >= 4 is 17.0 Å². The smallest absolute Gasteiger partial charge is 0.167 e. The van der Waals surface area contributed by atoms with Crippen molar-refractivity contribution in [1.29, 1.82) is 0 Å². The molecular formula is C10H14N6O2. The highest BCUT2D eigenvalue weighted by molar-refractivity contribution is 5.81. The molecule has 3 rings (SSSR count). The van der Waals surface area contributed by atoms with Gasteiger partial charge in [-0.1, -0.05) is 0 Å². The van der Waals surface area contributed by atoms with Crippen LogP contribution < -0.4 is 11.5 Å². The number of fused-ring (bicyclic) bond motifs is 1. The Kier molecular flexibility index (Phi) is 2.62. The quantitative estimate of drug-likeness (QED) is 0.625. The van der Waals surface area contributed by atoms with E-state index >= 15 is 0 Å². The van der Waals surface area contributed by atoms with Gasteiger partial charge in [-0.15, -0.1) is 0 Å². The largest absolute Gasteiger partial charge is 0.390 e. The highest BCUT2D eigenvalue weighted by Gasteiger charge is 2.34. The zero-order chi connectivity index (χ0) is 12.7. The molecule has 1 aliphatic heterocycles. The van der Waals surface area contributed by atoms with Gasteiger partial charge in [0.2, 0.25) is 0 Å². The Bertz CT molecular complexity index is 570. The van der Waals surface area contributed by atoms with Crippen molar-refractivity contribution in [3.05, 3.63) is 12.7 Å². The predicted octanol–water partition coefficient (Wildman–Crippen LogP) is -0.984. The number of nitrogen functional groups attached to an aromatic ring is 1. The van der Waals surface area contributed by atoms with Gasteiger partial charge in [0.05, 0.1) is 18.5 Å². The molecule has 2 aromatic rings. The van der Waals surface area contributed by atoms with Crippen LogP contribution in [0.3, 0.4) is 0 Å². The highest BCUT2D eigenvalue weighted by atomic mass is 16.5. The van der Waals surface area contributed by atoms with Crippen LogP contribution in [-0.2, 0) is 4.74 Å². The zero-order valence-electron chi connectivity index (χ0n) is 9.60. The van der Waals surface area contributed by atoms with Crippen molar-refractivity contribution in [3.63, 3.8) is 0 Å². The molecule has 96 valence electrons. The van der Waals surface area contributed by atoms with Crippen LogP contribution >= 0.6 is 0 Å². The van der Waals surface area contributed by atoms with Crippen LogP contribution in [0.2, 0.25) is 0 Å². The summed E-state index contributed by atoms with van der Waals surface area (Å²) in [6.45, 7) is 0.279. The van der Waals surface area contributed by atoms with Crippen molar-refractivity contribution < 1.29 is 9.84 Å². The molecule has 0 saturated carbocycles. The summed E-state index contributed by atoms with van der Waals surface area (Å²) >= 11 is 0. The minimum atomic E-state index is -0.573. The van der Waals surface area contributed by atoms with E-state index in [4.69, 9.17) is 16.2 Å². The Labute approximate surface area is 103 Å². The molecule has 1 saturated heterocycles. The van der Waals surface area contributed by atoms with Gasteiger partial charge in [-0.3, -0.25) is 4.57 Å². The minimum Gasteiger partial charge on any atom is -0.390 e. The third kappa shape index (κ3) is 1.62. The van der Waals surface area contributed by atoms with Crippen molar-refractivity contribution in [2.75, 3.05) is 12.3 Å². The van der Waals surface area contributed by atoms with Crippen LogP contribution in [-0.4, -0.2) is 43.4 Å². The number of ether oxygens (including phenoxy) is 1. The van der Waals surface area contributed by atoms with Gasteiger partial charge in [-0.25, -0.2) is 15.0 Å². The van der Waals surface area contributed by atoms with Gasteiger partial charge in [0.25, 0.3) is 0 Å². The lowest BCUT2D eigenvalue weighted by molar-refractivity contribution is -0.0115. The number of aliphatic hydroxyl groups is 1. The normalized spacial score (nSPS) is 28.0. The molecule has 1 aliphatic rings. The molecule has 8 heteroatoms. The lowest BCUT2D eigenvalue weighted by atomic mass is 10.2. The number of anilines is 1. The first-order valence-corrected chi connectivity index (χ1v) is 5.67. The summed E-state index contributed by atoms with van der Waals surface area (Å²) in [6.07, 6.45) is 2.17. The summed E-state index contributed by atoms with van der Waals surface area (Å²) in [5.74, 6) is 0.327. The van der Waals surface area contributed by atoms with E-state index in [1.165, 1.54) is 6.33 Å². The molecule has 2 aromatic heterocycles. The number of aromatic nitrogens is 4. The molecule has 0 aromatic carbocycles. The van der Waals surface area contributed by atoms with Crippen LogP contribution in [0.15, 0.2) is 12.7 Å². The first kappa shape index (κ1) is 11.3. The minimum absolute atomic E-state index is 0.279. The van der Waals surface area contributed by atoms with Gasteiger partial charge in [-0.05, 0) is 0 Å². The van der Waals surface area contributed by atoms with Crippen LogP contribution in [0.25, 0.3) is 11.2 Å². The van der Waals surface area contributed by atoms with Crippen LogP contribution in [0, 0.1) is 0 Å². The average molecular weight is 250 g/mol. The van der Waals surface area contributed by atoms with E-state index in [1.807, 2.05) is 0 Å². The number of aliphatic hydroxyl groups excluding tert-OH is 1. The Hall–Kier alpha value is -1.77. The molecule has 18 heavy (non-hydrogen) atoms. The molecule has 5 N–H and O–H groups in total. The second-order valence-electron chi connectivity index (χ2n) is 4.25. The fourth-order valence-electron chi connectivity index (χ4n) is 2.18. The van der Waals surface area contributed by atoms with Gasteiger partial charge >= 0.3 is 0 Å². The fourth-order valence-corrected chi connectivity index (χ4v) is 2.18. The topological polar surface area (TPSA) is 125 Å². The van der Waals surface area contributed by atoms with Crippen molar-refractivity contribution in [3.8, 4) is 0 Å². The highest BCUT2D eigenvalue weighted by Crippen LogP contribution is 2.30. The molecule has 3 heterocycles. The van der Waals surface area contributed by atoms with E-state index in [9.17, 15) is 5.11 Å². The van der Waals surface area contributed by atoms with Gasteiger partial charge in [0.15, 0.2) is 11.5 Å². The fraction of sp³-hybridized carbons (Fsp3) is 0.500. The Morgan fingerprint density at radius 3 is 3.00 bits per heavy atom. The lowest BCUT2D eigenvalue weighted by Gasteiger charge is -2.13. The Morgan fingerprint density at radius 1 is 1.44 bits per heavy atom. The first-order chi connectivity index (χ1) is 8.70. The van der Waals surface area contributed by atoms with Crippen LogP contribution in [0.5, 0.6) is 0 Å². The average Bonchev–Trinajstić information content (AvgIpc) is 2.93. The van der Waals surface area contributed by atoms with Crippen molar-refractivity contribution in [2.24, 2.45) is 5.73 Å². The number of hydrogen-bond acceptors (Lipinski definition) is 7. The molecule has 0 bridgehead atoms. The molecule has 0 unspecified atom stereocenters. The molecule has 8 nitrogen and oxygen atoms in total. The molecular weight excluding hydrogens is 236 g/mol. The molecule has 0 spiro atoms. The van der Waals surface area contributed by atoms with Crippen molar-refractivity contribution in [2.45, 2.75) is 24.9 Å². The first-order valence-electron chi connectivity index (χ1n) is 5.67. The second kappa shape index (κ2) is 4.16. The summed E-state index contributed by atoms with van der Waals surface area (Å²) in [5.41, 5.74) is 12.4. The van der Waals surface area contributed by atoms with Crippen LogP contribution in [0.4, 0.5) is 5.82 Å². The second-order valence-corrected chi connectivity index (χ2v) is 4.25. The number of hydrogen-bond donors (Lipinski definition) is 3. The Morgan fingerprint density at radius 2 is 2.28 bits per heavy atom. The van der Waals surface area contributed by atoms with Gasteiger partial charge in [0, 0.05) is 13.0 Å². The van der Waals surface area contributed by atoms with Gasteiger partial charge in [-0.2, -0.15) is 0 Å². The monoisotopic (exact) mass is 250 g/mol. The van der Waals surface area contributed by atoms with E-state index in [0.29, 0.717) is 23.4 Å². The van der Waals surface area contributed by atoms with Gasteiger partial charge < -0.3 is 21.3 Å². The predicted molar refractivity (Wildman–Crippen MR) is 63.3 cm³/mol. The summed E-state index contributed by atoms with van der Waals surface area (Å²) in [4.78, 5) is 12.2. The zero-order valence-corrected chi connectivity index (χ0v) is 9.60. The van der Waals surface area contributed by atoms with E-state index in [2.05, 4.69) is 15.0 Å². The number of nitrogens with zero attached hydrogens (tertiary/aromatic N) is 4. The SMILES string of the molecule is NC[C@@H]1O[C@H](n2cnc3c(N)ncnc32)C[C@@H]1O. The molecule has 0 radical (unpaired) electrons. The van der Waals surface area contributed by atoms with E-state index in [-0.39, 0.29) is 18.9 Å². The lowest BCUT2D eigenvalue weighted by Crippen LogP contribution is -2.29. The van der Waals surface area contributed by atoms with E-state index in [1.54, 1.807) is 10.9 Å². The maximum absolute atomic E-state index is 9.79. The maximum Gasteiger partial charge on any atom is 0.167 e. The Balaban J connectivity index is 1.99. The number of rotatable bonds is 2. The summed E-state index contributed by atoms with van der Waals surface area (Å²) in [6, 6.07) is 0. The third-order valence-corrected chi connectivity index (χ3v) is 3.13. The third-order valence-electron chi connectivity index (χ3n) is 3.13. The summed E-state index contributed by atoms with van der Waals surface area (Å²) in [5, 5.41) is 9.79. The summed E-state index contributed by atoms with van der Waals surface area (Å²) in [7, 11) is 0. The molecule has 1 fully saturated rings. The van der Waals surface area contributed by atoms with Gasteiger partial charge in [0.1, 0.15) is 18.1 Å². The molecule has 3 atom stereocenters. The number of nitrogens with two attached hydrogens (primary N) is 2. The van der Waals surface area contributed by atoms with Crippen molar-refractivity contribution in [1.82, 2.24) is 19.5 Å². The number of imidazole rings is 1. The van der Waals surface area contributed by atoms with Crippen LogP contribution in [0.1, 0.15) is 12.6 Å². The van der Waals surface area contributed by atoms with E-state index < -0.39 is 6.10 Å². The van der Waals surface area contributed by atoms with E-state index in [0.717, 1.165) is 0 Å². The summed E-state index contributed by atoms with van der Waals surface area (Å²) < 4.78 is 7.40. The maximum atomic E-state index is 9.79. The molecule has 0 aliphatic carbocycles. The standard InChI is InChI=1S/C10H14N6O2/c11-2-6-5(17)1-7(18-6)16-4-15-8-9(12)13-3-14-10(8)16/h3-7,17H,1-2,11H2,(H2,12,13,14)/t5-,6-,7-/m0/s1.